The molecule has 0 unspecified atom stereocenters. The van der Waals surface area contributed by atoms with Crippen molar-refractivity contribution in [1.82, 2.24) is 10.6 Å². The van der Waals surface area contributed by atoms with Crippen molar-refractivity contribution in [2.75, 3.05) is 39.5 Å². The van der Waals surface area contributed by atoms with Gasteiger partial charge in [-0.25, -0.2) is 4.79 Å². The van der Waals surface area contributed by atoms with E-state index in [1.54, 1.807) is 6.92 Å². The smallest absolute Gasteiger partial charge is 0.332 e. The maximum absolute atomic E-state index is 11.3. The van der Waals surface area contributed by atoms with Crippen LogP contribution in [-0.4, -0.2) is 51.3 Å². The Kier molecular flexibility index (Phi) is 10.3. The molecule has 0 radical (unpaired) electrons. The first-order chi connectivity index (χ1) is 8.56. The fourth-order valence-electron chi connectivity index (χ4n) is 1.08. The van der Waals surface area contributed by atoms with E-state index in [1.165, 1.54) is 0 Å². The van der Waals surface area contributed by atoms with Crippen LogP contribution in [-0.2, 0) is 19.1 Å². The number of hydrogen-bond donors (Lipinski definition) is 2. The number of carbonyl (C=O) groups is 2. The summed E-state index contributed by atoms with van der Waals surface area (Å²) in [5.41, 5.74) is 0. The lowest BCUT2D eigenvalue weighted by atomic mass is 10.2. The zero-order chi connectivity index (χ0) is 13.8. The monoisotopic (exact) mass is 260 g/mol. The van der Waals surface area contributed by atoms with Crippen molar-refractivity contribution >= 4 is 11.9 Å². The third-order valence-electron chi connectivity index (χ3n) is 1.94. The van der Waals surface area contributed by atoms with Crippen LogP contribution in [0.5, 0.6) is 0 Å². The number of ether oxygens (including phenoxy) is 2. The van der Waals surface area contributed by atoms with Gasteiger partial charge < -0.3 is 20.1 Å². The van der Waals surface area contributed by atoms with Gasteiger partial charge in [0.25, 0.3) is 0 Å². The summed E-state index contributed by atoms with van der Waals surface area (Å²) in [5.74, 6) is 0.0446. The van der Waals surface area contributed by atoms with E-state index in [0.717, 1.165) is 0 Å². The number of carbonyl (C=O) groups excluding carboxylic acids is 2. The molecule has 1 amide bonds. The standard InChI is InChI=1S/C12H24N2O4/c1-4-18-12(16)9-17-6-5-13-8-11(15)14-7-10(2)3/h10,13H,4-9H2,1-3H3,(H,14,15). The number of rotatable bonds is 10. The first-order valence-electron chi connectivity index (χ1n) is 6.27. The van der Waals surface area contributed by atoms with Crippen molar-refractivity contribution in [2.45, 2.75) is 20.8 Å². The Morgan fingerprint density at radius 2 is 2.00 bits per heavy atom. The molecule has 0 atom stereocenters. The largest absolute Gasteiger partial charge is 0.464 e. The molecule has 0 aromatic heterocycles. The summed E-state index contributed by atoms with van der Waals surface area (Å²) in [7, 11) is 0. The predicted molar refractivity (Wildman–Crippen MR) is 68.2 cm³/mol. The van der Waals surface area contributed by atoms with E-state index in [-0.39, 0.29) is 25.0 Å². The Bertz CT molecular complexity index is 244. The molecule has 0 aromatic rings. The normalized spacial score (nSPS) is 10.4. The topological polar surface area (TPSA) is 76.7 Å². The summed E-state index contributed by atoms with van der Waals surface area (Å²) < 4.78 is 9.75. The van der Waals surface area contributed by atoms with Gasteiger partial charge in [0.1, 0.15) is 6.61 Å². The first kappa shape index (κ1) is 16.9. The zero-order valence-corrected chi connectivity index (χ0v) is 11.5. The fraction of sp³-hybridized carbons (Fsp3) is 0.833. The average molecular weight is 260 g/mol. The van der Waals surface area contributed by atoms with Crippen molar-refractivity contribution in [1.29, 1.82) is 0 Å². The van der Waals surface area contributed by atoms with Gasteiger partial charge in [-0.2, -0.15) is 0 Å². The summed E-state index contributed by atoms with van der Waals surface area (Å²) in [4.78, 5) is 22.2. The molecule has 6 heteroatoms. The van der Waals surface area contributed by atoms with Crippen LogP contribution in [0.3, 0.4) is 0 Å². The lowest BCUT2D eigenvalue weighted by molar-refractivity contribution is -0.148. The molecule has 0 fully saturated rings. The highest BCUT2D eigenvalue weighted by Gasteiger charge is 2.02. The van der Waals surface area contributed by atoms with Gasteiger partial charge >= 0.3 is 5.97 Å². The lowest BCUT2D eigenvalue weighted by Gasteiger charge is -2.08. The maximum atomic E-state index is 11.3. The van der Waals surface area contributed by atoms with E-state index in [1.807, 2.05) is 13.8 Å². The second-order valence-electron chi connectivity index (χ2n) is 4.23. The molecule has 0 heterocycles. The van der Waals surface area contributed by atoms with E-state index in [0.29, 0.717) is 32.2 Å². The summed E-state index contributed by atoms with van der Waals surface area (Å²) in [5, 5.41) is 5.72. The van der Waals surface area contributed by atoms with Crippen molar-refractivity contribution < 1.29 is 19.1 Å². The highest BCUT2D eigenvalue weighted by Crippen LogP contribution is 1.86. The molecule has 0 aliphatic heterocycles. The minimum atomic E-state index is -0.368. The van der Waals surface area contributed by atoms with Gasteiger partial charge in [-0.1, -0.05) is 13.8 Å². The van der Waals surface area contributed by atoms with Crippen LogP contribution >= 0.6 is 0 Å². The van der Waals surface area contributed by atoms with E-state index in [2.05, 4.69) is 10.6 Å². The molecule has 0 rings (SSSR count). The molecule has 106 valence electrons. The van der Waals surface area contributed by atoms with Crippen molar-refractivity contribution in [3.8, 4) is 0 Å². The van der Waals surface area contributed by atoms with Crippen molar-refractivity contribution in [2.24, 2.45) is 5.92 Å². The van der Waals surface area contributed by atoms with E-state index >= 15 is 0 Å². The molecule has 0 aliphatic carbocycles. The van der Waals surface area contributed by atoms with Gasteiger partial charge in [-0.15, -0.1) is 0 Å². The van der Waals surface area contributed by atoms with Gasteiger partial charge in [-0.05, 0) is 12.8 Å². The van der Waals surface area contributed by atoms with Crippen LogP contribution in [0.1, 0.15) is 20.8 Å². The Morgan fingerprint density at radius 3 is 2.61 bits per heavy atom. The lowest BCUT2D eigenvalue weighted by Crippen LogP contribution is -2.37. The van der Waals surface area contributed by atoms with E-state index in [9.17, 15) is 9.59 Å². The van der Waals surface area contributed by atoms with Crippen LogP contribution < -0.4 is 10.6 Å². The van der Waals surface area contributed by atoms with Gasteiger partial charge in [0.15, 0.2) is 0 Å². The van der Waals surface area contributed by atoms with E-state index < -0.39 is 0 Å². The minimum Gasteiger partial charge on any atom is -0.464 e. The van der Waals surface area contributed by atoms with Crippen LogP contribution in [0.25, 0.3) is 0 Å². The van der Waals surface area contributed by atoms with Crippen LogP contribution in [0, 0.1) is 5.92 Å². The number of hydrogen-bond acceptors (Lipinski definition) is 5. The predicted octanol–water partition coefficient (Wildman–Crippen LogP) is -0.0721. The van der Waals surface area contributed by atoms with Gasteiger partial charge in [0.2, 0.25) is 5.91 Å². The van der Waals surface area contributed by atoms with Crippen molar-refractivity contribution in [3.05, 3.63) is 0 Å². The van der Waals surface area contributed by atoms with Gasteiger partial charge in [0, 0.05) is 13.1 Å². The Morgan fingerprint density at radius 1 is 1.28 bits per heavy atom. The Labute approximate surface area is 108 Å². The Balaban J connectivity index is 3.29. The molecular weight excluding hydrogens is 236 g/mol. The Hall–Kier alpha value is -1.14. The highest BCUT2D eigenvalue weighted by molar-refractivity contribution is 5.77. The molecule has 0 saturated carbocycles. The first-order valence-corrected chi connectivity index (χ1v) is 6.27. The molecular formula is C12H24N2O4. The number of esters is 1. The number of amides is 1. The molecule has 18 heavy (non-hydrogen) atoms. The molecule has 2 N–H and O–H groups in total. The molecule has 0 aliphatic rings. The SMILES string of the molecule is CCOC(=O)COCCNCC(=O)NCC(C)C. The summed E-state index contributed by atoms with van der Waals surface area (Å²) in [6.07, 6.45) is 0. The zero-order valence-electron chi connectivity index (χ0n) is 11.5. The van der Waals surface area contributed by atoms with Crippen LogP contribution in [0.2, 0.25) is 0 Å². The maximum Gasteiger partial charge on any atom is 0.332 e. The summed E-state index contributed by atoms with van der Waals surface area (Å²) >= 11 is 0. The fourth-order valence-corrected chi connectivity index (χ4v) is 1.08. The molecule has 0 aromatic carbocycles. The third kappa shape index (κ3) is 11.3. The van der Waals surface area contributed by atoms with Crippen molar-refractivity contribution in [3.63, 3.8) is 0 Å². The second-order valence-corrected chi connectivity index (χ2v) is 4.23. The van der Waals surface area contributed by atoms with Gasteiger partial charge in [0.05, 0.1) is 19.8 Å². The third-order valence-corrected chi connectivity index (χ3v) is 1.94. The van der Waals surface area contributed by atoms with E-state index in [4.69, 9.17) is 9.47 Å². The molecule has 6 nitrogen and oxygen atoms in total. The van der Waals surface area contributed by atoms with Crippen LogP contribution in [0.4, 0.5) is 0 Å². The van der Waals surface area contributed by atoms with Crippen LogP contribution in [0.15, 0.2) is 0 Å². The minimum absolute atomic E-state index is 0.0332. The van der Waals surface area contributed by atoms with Gasteiger partial charge in [-0.3, -0.25) is 4.79 Å². The molecule has 0 spiro atoms. The quantitative estimate of drug-likeness (QED) is 0.425. The molecule has 0 saturated heterocycles. The summed E-state index contributed by atoms with van der Waals surface area (Å²) in [6.45, 7) is 7.97. The second kappa shape index (κ2) is 11.0. The average Bonchev–Trinajstić information content (AvgIpc) is 2.31. The number of nitrogens with one attached hydrogen (secondary N) is 2. The highest BCUT2D eigenvalue weighted by atomic mass is 16.6. The molecule has 0 bridgehead atoms. The summed E-state index contributed by atoms with van der Waals surface area (Å²) in [6, 6.07) is 0.